The van der Waals surface area contributed by atoms with Crippen molar-refractivity contribution in [3.63, 3.8) is 0 Å². The molecule has 2 aliphatic heterocycles. The SMILES string of the molecule is O=C(CCN1CCCCC1)N[C@H]1CC[C@H](Nc2cc(-n3c(C(F)F)nc4ccccc43)nc(N3CCOCC3)n2)CC1. The van der Waals surface area contributed by atoms with Gasteiger partial charge in [0.15, 0.2) is 5.82 Å². The van der Waals surface area contributed by atoms with Crippen molar-refractivity contribution in [2.45, 2.75) is 69.9 Å². The Morgan fingerprint density at radius 2 is 1.69 bits per heavy atom. The average Bonchev–Trinajstić information content (AvgIpc) is 3.42. The summed E-state index contributed by atoms with van der Waals surface area (Å²) in [6.07, 6.45) is 5.05. The Balaban J connectivity index is 1.15. The van der Waals surface area contributed by atoms with E-state index in [1.54, 1.807) is 24.3 Å². The van der Waals surface area contributed by atoms with Gasteiger partial charge in [0.05, 0.1) is 24.2 Å². The Morgan fingerprint density at radius 3 is 2.45 bits per heavy atom. The number of ether oxygens (including phenoxy) is 1. The fraction of sp³-hybridized carbons (Fsp3) is 0.600. The molecule has 0 atom stereocenters. The molecule has 2 aromatic heterocycles. The maximum atomic E-state index is 14.1. The van der Waals surface area contributed by atoms with Crippen LogP contribution in [-0.4, -0.2) is 88.3 Å². The van der Waals surface area contributed by atoms with Crippen molar-refractivity contribution in [2.75, 3.05) is 56.2 Å². The number of carbonyl (C=O) groups excluding carboxylic acids is 1. The van der Waals surface area contributed by atoms with Crippen molar-refractivity contribution in [1.82, 2.24) is 29.7 Å². The highest BCUT2D eigenvalue weighted by atomic mass is 19.3. The molecule has 10 nitrogen and oxygen atoms in total. The van der Waals surface area contributed by atoms with E-state index in [1.165, 1.54) is 23.8 Å². The Morgan fingerprint density at radius 1 is 0.952 bits per heavy atom. The number of hydrogen-bond acceptors (Lipinski definition) is 8. The molecular weight excluding hydrogens is 542 g/mol. The first-order valence-corrected chi connectivity index (χ1v) is 15.3. The van der Waals surface area contributed by atoms with Gasteiger partial charge in [-0.15, -0.1) is 0 Å². The summed E-state index contributed by atoms with van der Waals surface area (Å²) in [5.41, 5.74) is 1.06. The average molecular weight is 583 g/mol. The molecule has 0 radical (unpaired) electrons. The number of anilines is 2. The van der Waals surface area contributed by atoms with E-state index in [-0.39, 0.29) is 23.8 Å². The summed E-state index contributed by atoms with van der Waals surface area (Å²) < 4.78 is 35.2. The lowest BCUT2D eigenvalue weighted by atomic mass is 9.91. The number of nitrogens with one attached hydrogen (secondary N) is 2. The Bertz CT molecular complexity index is 1350. The van der Waals surface area contributed by atoms with E-state index >= 15 is 0 Å². The largest absolute Gasteiger partial charge is 0.378 e. The number of benzene rings is 1. The number of para-hydroxylation sites is 2. The van der Waals surface area contributed by atoms with Crippen molar-refractivity contribution >= 4 is 28.7 Å². The number of alkyl halides is 2. The molecule has 0 spiro atoms. The summed E-state index contributed by atoms with van der Waals surface area (Å²) in [5.74, 6) is 1.22. The third-order valence-electron chi connectivity index (χ3n) is 8.55. The summed E-state index contributed by atoms with van der Waals surface area (Å²) in [7, 11) is 0. The van der Waals surface area contributed by atoms with Gasteiger partial charge in [0.25, 0.3) is 6.43 Å². The summed E-state index contributed by atoms with van der Waals surface area (Å²) in [5, 5.41) is 6.79. The van der Waals surface area contributed by atoms with Crippen LogP contribution in [0.25, 0.3) is 16.9 Å². The number of fused-ring (bicyclic) bond motifs is 1. The van der Waals surface area contributed by atoms with Gasteiger partial charge in [-0.3, -0.25) is 9.36 Å². The predicted octanol–water partition coefficient (Wildman–Crippen LogP) is 4.31. The van der Waals surface area contributed by atoms with Crippen molar-refractivity contribution < 1.29 is 18.3 Å². The fourth-order valence-corrected chi connectivity index (χ4v) is 6.28. The predicted molar refractivity (Wildman–Crippen MR) is 157 cm³/mol. The third-order valence-corrected chi connectivity index (χ3v) is 8.55. The van der Waals surface area contributed by atoms with Crippen LogP contribution in [0.5, 0.6) is 0 Å². The zero-order chi connectivity index (χ0) is 28.9. The zero-order valence-electron chi connectivity index (χ0n) is 24.0. The number of aromatic nitrogens is 4. The maximum absolute atomic E-state index is 14.1. The van der Waals surface area contributed by atoms with E-state index in [0.29, 0.717) is 61.3 Å². The van der Waals surface area contributed by atoms with E-state index in [1.807, 2.05) is 11.0 Å². The molecule has 1 amide bonds. The molecule has 2 N–H and O–H groups in total. The van der Waals surface area contributed by atoms with Gasteiger partial charge in [0, 0.05) is 44.2 Å². The number of morpholine rings is 1. The maximum Gasteiger partial charge on any atom is 0.296 e. The standard InChI is InChI=1S/C30H40F2N8O2/c31-28(32)29-35-23-6-2-3-7-24(23)40(29)26-20-25(36-30(37-26)39-16-18-42-19-17-39)33-21-8-10-22(11-9-21)34-27(41)12-15-38-13-4-1-5-14-38/h2-3,6-7,20-22,28H,1,4-5,8-19H2,(H,34,41)(H,33,36,37)/t21-,22-. The molecule has 4 heterocycles. The number of imidazole rings is 1. The van der Waals surface area contributed by atoms with Gasteiger partial charge in [0.1, 0.15) is 11.6 Å². The second kappa shape index (κ2) is 13.3. The molecule has 3 fully saturated rings. The number of amides is 1. The first kappa shape index (κ1) is 28.7. The van der Waals surface area contributed by atoms with Crippen LogP contribution < -0.4 is 15.5 Å². The second-order valence-electron chi connectivity index (χ2n) is 11.5. The molecule has 12 heteroatoms. The fourth-order valence-electron chi connectivity index (χ4n) is 6.28. The molecule has 6 rings (SSSR count). The Kier molecular flexibility index (Phi) is 9.09. The molecule has 1 saturated carbocycles. The van der Waals surface area contributed by atoms with E-state index in [4.69, 9.17) is 14.7 Å². The highest BCUT2D eigenvalue weighted by Crippen LogP contribution is 2.30. The summed E-state index contributed by atoms with van der Waals surface area (Å²) in [4.78, 5) is 30.8. The van der Waals surface area contributed by atoms with Crippen molar-refractivity contribution in [1.29, 1.82) is 0 Å². The zero-order valence-corrected chi connectivity index (χ0v) is 24.0. The summed E-state index contributed by atoms with van der Waals surface area (Å²) >= 11 is 0. The van der Waals surface area contributed by atoms with Crippen LogP contribution in [0.2, 0.25) is 0 Å². The van der Waals surface area contributed by atoms with Gasteiger partial charge in [-0.25, -0.2) is 13.8 Å². The molecule has 3 aromatic rings. The van der Waals surface area contributed by atoms with Crippen LogP contribution in [0, 0.1) is 0 Å². The van der Waals surface area contributed by atoms with Crippen LogP contribution in [0.4, 0.5) is 20.5 Å². The van der Waals surface area contributed by atoms with Crippen LogP contribution in [0.1, 0.15) is 63.6 Å². The van der Waals surface area contributed by atoms with E-state index in [0.717, 1.165) is 45.3 Å². The molecule has 42 heavy (non-hydrogen) atoms. The van der Waals surface area contributed by atoms with Gasteiger partial charge in [-0.2, -0.15) is 9.97 Å². The molecule has 3 aliphatic rings. The molecule has 0 bridgehead atoms. The topological polar surface area (TPSA) is 100 Å². The summed E-state index contributed by atoms with van der Waals surface area (Å²) in [6.45, 7) is 5.39. The highest BCUT2D eigenvalue weighted by molar-refractivity contribution is 5.78. The van der Waals surface area contributed by atoms with Gasteiger partial charge in [-0.05, 0) is 63.7 Å². The van der Waals surface area contributed by atoms with E-state index in [9.17, 15) is 13.6 Å². The van der Waals surface area contributed by atoms with Gasteiger partial charge >= 0.3 is 0 Å². The Labute approximate surface area is 244 Å². The van der Waals surface area contributed by atoms with Crippen LogP contribution >= 0.6 is 0 Å². The van der Waals surface area contributed by atoms with Crippen molar-refractivity contribution in [3.05, 3.63) is 36.2 Å². The minimum Gasteiger partial charge on any atom is -0.378 e. The third kappa shape index (κ3) is 6.81. The first-order valence-electron chi connectivity index (χ1n) is 15.3. The number of hydrogen-bond donors (Lipinski definition) is 2. The molecule has 1 aromatic carbocycles. The van der Waals surface area contributed by atoms with Crippen LogP contribution in [0.3, 0.4) is 0 Å². The highest BCUT2D eigenvalue weighted by Gasteiger charge is 2.26. The lowest BCUT2D eigenvalue weighted by Crippen LogP contribution is -2.41. The number of carbonyl (C=O) groups is 1. The number of halogens is 2. The smallest absolute Gasteiger partial charge is 0.296 e. The monoisotopic (exact) mass is 582 g/mol. The van der Waals surface area contributed by atoms with Crippen LogP contribution in [0.15, 0.2) is 30.3 Å². The first-order chi connectivity index (χ1) is 20.5. The van der Waals surface area contributed by atoms with Crippen molar-refractivity contribution in [2.24, 2.45) is 0 Å². The molecular formula is C30H40F2N8O2. The van der Waals surface area contributed by atoms with Gasteiger partial charge < -0.3 is 25.2 Å². The second-order valence-corrected chi connectivity index (χ2v) is 11.5. The van der Waals surface area contributed by atoms with E-state index in [2.05, 4.69) is 20.5 Å². The lowest BCUT2D eigenvalue weighted by Gasteiger charge is -2.31. The quantitative estimate of drug-likeness (QED) is 0.385. The minimum absolute atomic E-state index is 0.134. The number of likely N-dealkylation sites (tertiary alicyclic amines) is 1. The van der Waals surface area contributed by atoms with E-state index < -0.39 is 6.43 Å². The van der Waals surface area contributed by atoms with Gasteiger partial charge in [-0.1, -0.05) is 18.6 Å². The minimum atomic E-state index is -2.76. The normalized spacial score (nSPS) is 22.0. The number of piperidine rings is 1. The van der Waals surface area contributed by atoms with Crippen LogP contribution in [-0.2, 0) is 9.53 Å². The molecule has 226 valence electrons. The lowest BCUT2D eigenvalue weighted by molar-refractivity contribution is -0.122. The van der Waals surface area contributed by atoms with Crippen molar-refractivity contribution in [3.8, 4) is 5.82 Å². The molecule has 2 saturated heterocycles. The molecule has 0 unspecified atom stereocenters. The number of rotatable bonds is 9. The number of nitrogens with zero attached hydrogens (tertiary/aromatic N) is 6. The molecule has 1 aliphatic carbocycles. The summed E-state index contributed by atoms with van der Waals surface area (Å²) in [6, 6.07) is 9.16. The Hall–Kier alpha value is -3.38. The van der Waals surface area contributed by atoms with Gasteiger partial charge in [0.2, 0.25) is 11.9 Å².